The smallest absolute Gasteiger partial charge is 0.115 e. The van der Waals surface area contributed by atoms with Crippen molar-refractivity contribution in [3.05, 3.63) is 54.9 Å². The highest BCUT2D eigenvalue weighted by molar-refractivity contribution is 7.59. The van der Waals surface area contributed by atoms with Crippen molar-refractivity contribution in [1.82, 2.24) is 9.97 Å². The molecule has 0 saturated carbocycles. The molecule has 0 aliphatic heterocycles. The van der Waals surface area contributed by atoms with Gasteiger partial charge in [0.1, 0.15) is 5.75 Å². The van der Waals surface area contributed by atoms with Crippen molar-refractivity contribution in [3.63, 3.8) is 0 Å². The van der Waals surface area contributed by atoms with Crippen LogP contribution < -0.4 is 0 Å². The first-order chi connectivity index (χ1) is 8.34. The van der Waals surface area contributed by atoms with Crippen LogP contribution in [-0.4, -0.2) is 15.1 Å². The Balaban J connectivity index is 0.00000120. The number of aromatic hydroxyl groups is 1. The molecule has 18 heavy (non-hydrogen) atoms. The molecule has 0 spiro atoms. The maximum atomic E-state index is 9.29. The van der Waals surface area contributed by atoms with Gasteiger partial charge in [-0.1, -0.05) is 12.1 Å². The fourth-order valence-corrected chi connectivity index (χ4v) is 1.85. The van der Waals surface area contributed by atoms with E-state index in [1.54, 1.807) is 24.5 Å². The predicted octanol–water partition coefficient (Wildman–Crippen LogP) is 3.12. The van der Waals surface area contributed by atoms with Crippen LogP contribution >= 0.6 is 13.5 Å². The molecule has 0 bridgehead atoms. The van der Waals surface area contributed by atoms with E-state index in [1.165, 1.54) is 0 Å². The van der Waals surface area contributed by atoms with Crippen molar-refractivity contribution >= 4 is 24.5 Å². The maximum Gasteiger partial charge on any atom is 0.115 e. The summed E-state index contributed by atoms with van der Waals surface area (Å²) in [5, 5.41) is 9.29. The summed E-state index contributed by atoms with van der Waals surface area (Å²) in [6.45, 7) is 0. The maximum absolute atomic E-state index is 9.29. The molecule has 2 heterocycles. The summed E-state index contributed by atoms with van der Waals surface area (Å²) in [6.07, 6.45) is 3.53. The van der Waals surface area contributed by atoms with Gasteiger partial charge >= 0.3 is 0 Å². The quantitative estimate of drug-likeness (QED) is 0.727. The van der Waals surface area contributed by atoms with Gasteiger partial charge in [0.2, 0.25) is 0 Å². The van der Waals surface area contributed by atoms with Gasteiger partial charge in [-0.2, -0.15) is 13.5 Å². The van der Waals surface area contributed by atoms with Gasteiger partial charge in [0.05, 0.1) is 11.0 Å². The number of hydrogen-bond acceptors (Lipinski definition) is 3. The second-order valence-electron chi connectivity index (χ2n) is 3.78. The number of phenolic OH excluding ortho intramolecular Hbond substituents is 1. The lowest BCUT2D eigenvalue weighted by Crippen LogP contribution is -1.86. The average Bonchev–Trinajstić information content (AvgIpc) is 2.39. The van der Waals surface area contributed by atoms with E-state index < -0.39 is 0 Å². The minimum atomic E-state index is 0. The molecule has 2 aromatic heterocycles. The van der Waals surface area contributed by atoms with Gasteiger partial charge < -0.3 is 5.11 Å². The van der Waals surface area contributed by atoms with Gasteiger partial charge in [0, 0.05) is 18.0 Å². The molecular weight excluding hydrogens is 244 g/mol. The summed E-state index contributed by atoms with van der Waals surface area (Å²) >= 11 is 0. The molecule has 0 atom stereocenters. The highest BCUT2D eigenvalue weighted by Crippen LogP contribution is 2.26. The van der Waals surface area contributed by atoms with Crippen molar-refractivity contribution < 1.29 is 5.11 Å². The van der Waals surface area contributed by atoms with Crippen molar-refractivity contribution in [3.8, 4) is 16.9 Å². The van der Waals surface area contributed by atoms with E-state index >= 15 is 0 Å². The van der Waals surface area contributed by atoms with E-state index in [0.717, 1.165) is 22.2 Å². The fourth-order valence-electron chi connectivity index (χ4n) is 1.85. The van der Waals surface area contributed by atoms with E-state index in [9.17, 15) is 5.11 Å². The van der Waals surface area contributed by atoms with Crippen molar-refractivity contribution in [2.75, 3.05) is 0 Å². The number of nitrogens with zero attached hydrogens (tertiary/aromatic N) is 2. The molecule has 0 aliphatic rings. The molecule has 3 aromatic rings. The molecule has 1 aromatic carbocycles. The van der Waals surface area contributed by atoms with Crippen LogP contribution in [-0.2, 0) is 0 Å². The van der Waals surface area contributed by atoms with Gasteiger partial charge in [0.25, 0.3) is 0 Å². The Morgan fingerprint density at radius 2 is 1.61 bits per heavy atom. The standard InChI is InChI=1S/C14H10N2O.H2S/c17-11-5-3-10(4-6-11)12-7-9-15-13-2-1-8-16-14(12)13;/h1-9,17H;1H2. The minimum Gasteiger partial charge on any atom is -0.508 e. The summed E-state index contributed by atoms with van der Waals surface area (Å²) in [5.41, 5.74) is 3.79. The Labute approximate surface area is 112 Å². The normalized spacial score (nSPS) is 10.0. The third-order valence-corrected chi connectivity index (χ3v) is 2.67. The van der Waals surface area contributed by atoms with E-state index in [1.807, 2.05) is 30.3 Å². The zero-order valence-corrected chi connectivity index (χ0v) is 10.5. The van der Waals surface area contributed by atoms with Crippen LogP contribution in [0.5, 0.6) is 5.75 Å². The number of aromatic nitrogens is 2. The van der Waals surface area contributed by atoms with Crippen LogP contribution in [0.3, 0.4) is 0 Å². The lowest BCUT2D eigenvalue weighted by Gasteiger charge is -2.05. The summed E-state index contributed by atoms with van der Waals surface area (Å²) < 4.78 is 0. The first kappa shape index (κ1) is 12.4. The van der Waals surface area contributed by atoms with Gasteiger partial charge in [-0.25, -0.2) is 0 Å². The molecule has 0 unspecified atom stereocenters. The summed E-state index contributed by atoms with van der Waals surface area (Å²) in [4.78, 5) is 8.63. The van der Waals surface area contributed by atoms with Gasteiger partial charge in [-0.3, -0.25) is 9.97 Å². The number of phenols is 1. The van der Waals surface area contributed by atoms with Crippen LogP contribution in [0.1, 0.15) is 0 Å². The Morgan fingerprint density at radius 3 is 2.39 bits per heavy atom. The van der Waals surface area contributed by atoms with E-state index in [-0.39, 0.29) is 19.2 Å². The van der Waals surface area contributed by atoms with Crippen molar-refractivity contribution in [2.45, 2.75) is 0 Å². The third kappa shape index (κ3) is 2.15. The SMILES string of the molecule is Oc1ccc(-c2ccnc3cccnc23)cc1.S. The Morgan fingerprint density at radius 1 is 0.833 bits per heavy atom. The summed E-state index contributed by atoms with van der Waals surface area (Å²) in [6, 6.07) is 12.8. The molecule has 4 heteroatoms. The lowest BCUT2D eigenvalue weighted by atomic mass is 10.0. The van der Waals surface area contributed by atoms with Gasteiger partial charge in [-0.05, 0) is 35.9 Å². The van der Waals surface area contributed by atoms with E-state index in [4.69, 9.17) is 0 Å². The molecule has 0 saturated heterocycles. The van der Waals surface area contributed by atoms with E-state index in [0.29, 0.717) is 0 Å². The second-order valence-corrected chi connectivity index (χ2v) is 3.78. The summed E-state index contributed by atoms with van der Waals surface area (Å²) in [5.74, 6) is 0.264. The lowest BCUT2D eigenvalue weighted by molar-refractivity contribution is 0.475. The molecule has 3 rings (SSSR count). The first-order valence-electron chi connectivity index (χ1n) is 5.34. The predicted molar refractivity (Wildman–Crippen MR) is 77.0 cm³/mol. The number of pyridine rings is 2. The Bertz CT molecular complexity index is 663. The molecule has 0 radical (unpaired) electrons. The molecule has 1 N–H and O–H groups in total. The minimum absolute atomic E-state index is 0. The molecular formula is C14H12N2OS. The Kier molecular flexibility index (Phi) is 3.48. The molecule has 3 nitrogen and oxygen atoms in total. The molecule has 0 fully saturated rings. The molecule has 0 amide bonds. The number of rotatable bonds is 1. The van der Waals surface area contributed by atoms with E-state index in [2.05, 4.69) is 9.97 Å². The number of hydrogen-bond donors (Lipinski definition) is 1. The van der Waals surface area contributed by atoms with Crippen LogP contribution in [0.2, 0.25) is 0 Å². The Hall–Kier alpha value is -2.07. The van der Waals surface area contributed by atoms with Crippen LogP contribution in [0, 0.1) is 0 Å². The zero-order valence-electron chi connectivity index (χ0n) is 9.54. The second kappa shape index (κ2) is 5.06. The van der Waals surface area contributed by atoms with Crippen LogP contribution in [0.4, 0.5) is 0 Å². The molecule has 0 aliphatic carbocycles. The monoisotopic (exact) mass is 256 g/mol. The highest BCUT2D eigenvalue weighted by atomic mass is 32.1. The zero-order chi connectivity index (χ0) is 11.7. The highest BCUT2D eigenvalue weighted by Gasteiger charge is 2.04. The number of benzene rings is 1. The topological polar surface area (TPSA) is 46.0 Å². The fraction of sp³-hybridized carbons (Fsp3) is 0. The van der Waals surface area contributed by atoms with Gasteiger partial charge in [-0.15, -0.1) is 0 Å². The number of fused-ring (bicyclic) bond motifs is 1. The van der Waals surface area contributed by atoms with Crippen molar-refractivity contribution in [2.24, 2.45) is 0 Å². The third-order valence-electron chi connectivity index (χ3n) is 2.67. The van der Waals surface area contributed by atoms with Gasteiger partial charge in [0.15, 0.2) is 0 Å². The summed E-state index contributed by atoms with van der Waals surface area (Å²) in [7, 11) is 0. The van der Waals surface area contributed by atoms with Crippen LogP contribution in [0.25, 0.3) is 22.2 Å². The molecule has 90 valence electrons. The van der Waals surface area contributed by atoms with Crippen molar-refractivity contribution in [1.29, 1.82) is 0 Å². The van der Waals surface area contributed by atoms with Crippen LogP contribution in [0.15, 0.2) is 54.9 Å². The average molecular weight is 256 g/mol. The first-order valence-corrected chi connectivity index (χ1v) is 5.34. The largest absolute Gasteiger partial charge is 0.508 e.